The SMILES string of the molecule is COCCN(Cc1nccs1)C(=O)c1c(C)cc(C2CCCNC2)oc1=O.Cl.Cl. The number of methoxy groups -OCH3 is 1. The molecule has 0 spiro atoms. The number of aryl methyl sites for hydroxylation is 1. The average molecular weight is 464 g/mol. The van der Waals surface area contributed by atoms with Gasteiger partial charge in [-0.1, -0.05) is 0 Å². The summed E-state index contributed by atoms with van der Waals surface area (Å²) in [5, 5.41) is 5.99. The van der Waals surface area contributed by atoms with Crippen molar-refractivity contribution in [2.75, 3.05) is 33.4 Å². The first-order chi connectivity index (χ1) is 13.1. The number of halogens is 2. The summed E-state index contributed by atoms with van der Waals surface area (Å²) in [6.45, 7) is 4.67. The molecule has 0 saturated carbocycles. The van der Waals surface area contributed by atoms with Crippen LogP contribution in [0.3, 0.4) is 0 Å². The van der Waals surface area contributed by atoms with Crippen molar-refractivity contribution >= 4 is 42.1 Å². The van der Waals surface area contributed by atoms with Gasteiger partial charge < -0.3 is 19.4 Å². The third kappa shape index (κ3) is 6.52. The standard InChI is InChI=1S/C19H25N3O4S.2ClH/c1-13-10-15(14-4-3-5-20-11-14)26-19(24)17(13)18(23)22(7-8-25-2)12-16-21-6-9-27-16;;/h6,9-10,14,20H,3-5,7-8,11-12H2,1-2H3;2*1H. The molecule has 1 atom stereocenters. The van der Waals surface area contributed by atoms with Gasteiger partial charge in [-0.15, -0.1) is 36.2 Å². The maximum atomic E-state index is 13.1. The lowest BCUT2D eigenvalue weighted by Crippen LogP contribution is -2.37. The Hall–Kier alpha value is -1.45. The number of carbonyl (C=O) groups excluding carboxylic acids is 1. The van der Waals surface area contributed by atoms with E-state index in [1.807, 2.05) is 11.4 Å². The average Bonchev–Trinajstić information content (AvgIpc) is 3.18. The third-order valence-corrected chi connectivity index (χ3v) is 5.51. The van der Waals surface area contributed by atoms with Crippen molar-refractivity contribution in [3.8, 4) is 0 Å². The molecule has 0 radical (unpaired) electrons. The predicted octanol–water partition coefficient (Wildman–Crippen LogP) is 3.00. The molecule has 1 amide bonds. The Kier molecular flexibility index (Phi) is 10.8. The number of nitrogens with one attached hydrogen (secondary N) is 1. The van der Waals surface area contributed by atoms with Crippen molar-refractivity contribution in [3.63, 3.8) is 0 Å². The highest BCUT2D eigenvalue weighted by Crippen LogP contribution is 2.24. The molecule has 2 aromatic rings. The van der Waals surface area contributed by atoms with E-state index in [0.717, 1.165) is 30.9 Å². The fourth-order valence-corrected chi connectivity index (χ4v) is 3.92. The Morgan fingerprint density at radius 1 is 1.45 bits per heavy atom. The van der Waals surface area contributed by atoms with Gasteiger partial charge in [-0.3, -0.25) is 4.79 Å². The number of ether oxygens (including phenoxy) is 1. The van der Waals surface area contributed by atoms with Crippen LogP contribution in [0.15, 0.2) is 26.9 Å². The molecule has 1 aliphatic rings. The Balaban J connectivity index is 0.00000210. The topological polar surface area (TPSA) is 84.7 Å². The number of hydrogen-bond acceptors (Lipinski definition) is 7. The van der Waals surface area contributed by atoms with E-state index in [2.05, 4.69) is 10.3 Å². The second-order valence-corrected chi connectivity index (χ2v) is 7.66. The zero-order valence-corrected chi connectivity index (χ0v) is 19.0. The number of aromatic nitrogens is 1. The number of carbonyl (C=O) groups is 1. The van der Waals surface area contributed by atoms with Crippen LogP contribution >= 0.6 is 36.2 Å². The molecular formula is C19H27Cl2N3O4S. The molecule has 1 unspecified atom stereocenters. The summed E-state index contributed by atoms with van der Waals surface area (Å²) in [6.07, 6.45) is 3.73. The van der Waals surface area contributed by atoms with Crippen LogP contribution in [0.2, 0.25) is 0 Å². The molecule has 1 fully saturated rings. The Labute approximate surface area is 186 Å². The maximum absolute atomic E-state index is 13.1. The minimum absolute atomic E-state index is 0. The Morgan fingerprint density at radius 2 is 2.24 bits per heavy atom. The van der Waals surface area contributed by atoms with Gasteiger partial charge in [-0.05, 0) is 37.9 Å². The molecule has 0 bridgehead atoms. The minimum atomic E-state index is -0.567. The number of nitrogens with zero attached hydrogens (tertiary/aromatic N) is 2. The van der Waals surface area contributed by atoms with E-state index in [-0.39, 0.29) is 42.2 Å². The van der Waals surface area contributed by atoms with E-state index in [1.54, 1.807) is 25.1 Å². The van der Waals surface area contributed by atoms with Crippen molar-refractivity contribution in [3.05, 3.63) is 50.0 Å². The number of thiazole rings is 1. The zero-order valence-electron chi connectivity index (χ0n) is 16.5. The molecule has 162 valence electrons. The largest absolute Gasteiger partial charge is 0.427 e. The van der Waals surface area contributed by atoms with Gasteiger partial charge in [-0.2, -0.15) is 0 Å². The van der Waals surface area contributed by atoms with Crippen LogP contribution < -0.4 is 10.9 Å². The van der Waals surface area contributed by atoms with E-state index in [9.17, 15) is 9.59 Å². The number of hydrogen-bond donors (Lipinski definition) is 1. The lowest BCUT2D eigenvalue weighted by molar-refractivity contribution is 0.0674. The molecule has 1 saturated heterocycles. The summed E-state index contributed by atoms with van der Waals surface area (Å²) in [5.74, 6) is 0.487. The molecule has 1 aliphatic heterocycles. The van der Waals surface area contributed by atoms with Crippen LogP contribution in [0, 0.1) is 6.92 Å². The Bertz CT molecular complexity index is 823. The fourth-order valence-electron chi connectivity index (χ4n) is 3.29. The van der Waals surface area contributed by atoms with Crippen molar-refractivity contribution in [1.29, 1.82) is 0 Å². The normalized spacial score (nSPS) is 15.9. The molecule has 7 nitrogen and oxygen atoms in total. The molecule has 29 heavy (non-hydrogen) atoms. The molecular weight excluding hydrogens is 437 g/mol. The van der Waals surface area contributed by atoms with E-state index in [0.29, 0.717) is 31.0 Å². The summed E-state index contributed by atoms with van der Waals surface area (Å²) >= 11 is 1.47. The van der Waals surface area contributed by atoms with Gasteiger partial charge in [0, 0.05) is 37.7 Å². The number of piperidine rings is 1. The van der Waals surface area contributed by atoms with Crippen LogP contribution in [-0.4, -0.2) is 49.1 Å². The van der Waals surface area contributed by atoms with Crippen LogP contribution in [0.5, 0.6) is 0 Å². The lowest BCUT2D eigenvalue weighted by atomic mass is 9.95. The Morgan fingerprint density at radius 3 is 2.83 bits per heavy atom. The van der Waals surface area contributed by atoms with Crippen LogP contribution in [-0.2, 0) is 11.3 Å². The molecule has 2 aromatic heterocycles. The highest BCUT2D eigenvalue weighted by Gasteiger charge is 2.26. The van der Waals surface area contributed by atoms with Crippen molar-refractivity contribution in [2.45, 2.75) is 32.2 Å². The molecule has 3 heterocycles. The molecule has 10 heteroatoms. The van der Waals surface area contributed by atoms with E-state index in [4.69, 9.17) is 9.15 Å². The van der Waals surface area contributed by atoms with E-state index >= 15 is 0 Å². The lowest BCUT2D eigenvalue weighted by Gasteiger charge is -2.24. The highest BCUT2D eigenvalue weighted by atomic mass is 35.5. The minimum Gasteiger partial charge on any atom is -0.427 e. The highest BCUT2D eigenvalue weighted by molar-refractivity contribution is 7.09. The summed E-state index contributed by atoms with van der Waals surface area (Å²) in [4.78, 5) is 31.6. The monoisotopic (exact) mass is 463 g/mol. The maximum Gasteiger partial charge on any atom is 0.349 e. The summed E-state index contributed by atoms with van der Waals surface area (Å²) < 4.78 is 10.7. The van der Waals surface area contributed by atoms with Gasteiger partial charge in [-0.25, -0.2) is 9.78 Å². The van der Waals surface area contributed by atoms with Gasteiger partial charge in [0.2, 0.25) is 0 Å². The molecule has 0 aromatic carbocycles. The smallest absolute Gasteiger partial charge is 0.349 e. The van der Waals surface area contributed by atoms with Gasteiger partial charge >= 0.3 is 5.63 Å². The zero-order chi connectivity index (χ0) is 19.2. The quantitative estimate of drug-likeness (QED) is 0.678. The first-order valence-corrected chi connectivity index (χ1v) is 10.00. The third-order valence-electron chi connectivity index (χ3n) is 4.74. The molecule has 3 rings (SSSR count). The fraction of sp³-hybridized carbons (Fsp3) is 0.526. The van der Waals surface area contributed by atoms with E-state index < -0.39 is 5.63 Å². The van der Waals surface area contributed by atoms with Gasteiger partial charge in [0.1, 0.15) is 16.3 Å². The van der Waals surface area contributed by atoms with Gasteiger partial charge in [0.05, 0.1) is 13.2 Å². The van der Waals surface area contributed by atoms with Crippen molar-refractivity contribution in [2.24, 2.45) is 0 Å². The van der Waals surface area contributed by atoms with Gasteiger partial charge in [0.15, 0.2) is 0 Å². The van der Waals surface area contributed by atoms with Crippen molar-refractivity contribution < 1.29 is 13.9 Å². The predicted molar refractivity (Wildman–Crippen MR) is 118 cm³/mol. The van der Waals surface area contributed by atoms with Crippen LogP contribution in [0.4, 0.5) is 0 Å². The van der Waals surface area contributed by atoms with Gasteiger partial charge in [0.25, 0.3) is 5.91 Å². The second-order valence-electron chi connectivity index (χ2n) is 6.68. The van der Waals surface area contributed by atoms with Crippen molar-refractivity contribution in [1.82, 2.24) is 15.2 Å². The molecule has 1 N–H and O–H groups in total. The summed E-state index contributed by atoms with van der Waals surface area (Å²) in [6, 6.07) is 1.84. The summed E-state index contributed by atoms with van der Waals surface area (Å²) in [5.41, 5.74) is 0.177. The van der Waals surface area contributed by atoms with E-state index in [1.165, 1.54) is 11.3 Å². The number of rotatable bonds is 7. The van der Waals surface area contributed by atoms with Crippen LogP contribution in [0.25, 0.3) is 0 Å². The first kappa shape index (κ1) is 25.6. The second kappa shape index (κ2) is 12.3. The first-order valence-electron chi connectivity index (χ1n) is 9.12. The van der Waals surface area contributed by atoms with Crippen LogP contribution in [0.1, 0.15) is 45.4 Å². The molecule has 0 aliphatic carbocycles. The summed E-state index contributed by atoms with van der Waals surface area (Å²) in [7, 11) is 1.58. The number of amides is 1.